The monoisotopic (exact) mass is 255 g/mol. The minimum atomic E-state index is -0.649. The van der Waals surface area contributed by atoms with Crippen LogP contribution in [-0.4, -0.2) is 43.6 Å². The van der Waals surface area contributed by atoms with Gasteiger partial charge in [-0.3, -0.25) is 0 Å². The van der Waals surface area contributed by atoms with E-state index in [4.69, 9.17) is 14.6 Å². The van der Waals surface area contributed by atoms with Gasteiger partial charge in [0.1, 0.15) is 0 Å². The van der Waals surface area contributed by atoms with Crippen LogP contribution in [0, 0.1) is 0 Å². The SMILES string of the molecule is COc1ccc(C(O)CNCC(C)O)cc1OC. The van der Waals surface area contributed by atoms with Gasteiger partial charge in [-0.2, -0.15) is 0 Å². The van der Waals surface area contributed by atoms with Gasteiger partial charge in [-0.25, -0.2) is 0 Å². The van der Waals surface area contributed by atoms with Gasteiger partial charge in [0.25, 0.3) is 0 Å². The molecular weight excluding hydrogens is 234 g/mol. The molecule has 2 unspecified atom stereocenters. The van der Waals surface area contributed by atoms with Crippen LogP contribution in [0.25, 0.3) is 0 Å². The second-order valence-electron chi connectivity index (χ2n) is 4.14. The highest BCUT2D eigenvalue weighted by Gasteiger charge is 2.11. The molecule has 0 aliphatic rings. The molecule has 102 valence electrons. The van der Waals surface area contributed by atoms with E-state index in [1.807, 2.05) is 0 Å². The highest BCUT2D eigenvalue weighted by atomic mass is 16.5. The number of methoxy groups -OCH3 is 2. The van der Waals surface area contributed by atoms with E-state index in [2.05, 4.69) is 5.32 Å². The van der Waals surface area contributed by atoms with E-state index in [1.54, 1.807) is 39.3 Å². The molecule has 0 saturated heterocycles. The van der Waals surface area contributed by atoms with Crippen molar-refractivity contribution in [3.8, 4) is 11.5 Å². The Morgan fingerprint density at radius 1 is 1.11 bits per heavy atom. The quantitative estimate of drug-likeness (QED) is 0.669. The molecule has 5 nitrogen and oxygen atoms in total. The van der Waals surface area contributed by atoms with Crippen LogP contribution >= 0.6 is 0 Å². The molecule has 0 heterocycles. The highest BCUT2D eigenvalue weighted by Crippen LogP contribution is 2.29. The Morgan fingerprint density at radius 2 is 1.78 bits per heavy atom. The summed E-state index contributed by atoms with van der Waals surface area (Å²) < 4.78 is 10.3. The molecule has 5 heteroatoms. The average Bonchev–Trinajstić information content (AvgIpc) is 2.37. The third-order valence-corrected chi connectivity index (χ3v) is 2.57. The summed E-state index contributed by atoms with van der Waals surface area (Å²) in [5.41, 5.74) is 0.741. The minimum Gasteiger partial charge on any atom is -0.493 e. The smallest absolute Gasteiger partial charge is 0.161 e. The van der Waals surface area contributed by atoms with Crippen molar-refractivity contribution in [1.82, 2.24) is 5.32 Å². The lowest BCUT2D eigenvalue weighted by Crippen LogP contribution is -2.28. The largest absolute Gasteiger partial charge is 0.493 e. The lowest BCUT2D eigenvalue weighted by atomic mass is 10.1. The van der Waals surface area contributed by atoms with Crippen LogP contribution in [0.3, 0.4) is 0 Å². The normalized spacial score (nSPS) is 14.1. The predicted octanol–water partition coefficient (Wildman–Crippen LogP) is 0.708. The van der Waals surface area contributed by atoms with Crippen molar-refractivity contribution in [3.05, 3.63) is 23.8 Å². The first kappa shape index (κ1) is 14.8. The van der Waals surface area contributed by atoms with Crippen LogP contribution in [0.15, 0.2) is 18.2 Å². The first-order chi connectivity index (χ1) is 8.58. The summed E-state index contributed by atoms with van der Waals surface area (Å²) in [6, 6.07) is 5.29. The third kappa shape index (κ3) is 4.18. The van der Waals surface area contributed by atoms with E-state index in [1.165, 1.54) is 0 Å². The van der Waals surface area contributed by atoms with E-state index in [0.717, 1.165) is 5.56 Å². The van der Waals surface area contributed by atoms with Gasteiger partial charge in [-0.05, 0) is 24.6 Å². The van der Waals surface area contributed by atoms with Crippen molar-refractivity contribution in [2.24, 2.45) is 0 Å². The topological polar surface area (TPSA) is 71.0 Å². The zero-order chi connectivity index (χ0) is 13.5. The number of ether oxygens (including phenoxy) is 2. The molecule has 1 rings (SSSR count). The van der Waals surface area contributed by atoms with Crippen LogP contribution in [0.2, 0.25) is 0 Å². The van der Waals surface area contributed by atoms with Gasteiger partial charge in [0.15, 0.2) is 11.5 Å². The van der Waals surface area contributed by atoms with E-state index < -0.39 is 12.2 Å². The molecule has 18 heavy (non-hydrogen) atoms. The number of hydrogen-bond acceptors (Lipinski definition) is 5. The van der Waals surface area contributed by atoms with Gasteiger partial charge < -0.3 is 25.0 Å². The number of aliphatic hydroxyl groups is 2. The Morgan fingerprint density at radius 3 is 2.33 bits per heavy atom. The first-order valence-corrected chi connectivity index (χ1v) is 5.87. The second-order valence-corrected chi connectivity index (χ2v) is 4.14. The molecule has 0 saturated carbocycles. The number of aliphatic hydroxyl groups excluding tert-OH is 2. The summed E-state index contributed by atoms with van der Waals surface area (Å²) >= 11 is 0. The van der Waals surface area contributed by atoms with Crippen LogP contribution in [-0.2, 0) is 0 Å². The van der Waals surface area contributed by atoms with Crippen LogP contribution < -0.4 is 14.8 Å². The molecule has 1 aromatic carbocycles. The molecule has 0 aliphatic carbocycles. The minimum absolute atomic E-state index is 0.375. The van der Waals surface area contributed by atoms with Crippen molar-refractivity contribution in [1.29, 1.82) is 0 Å². The van der Waals surface area contributed by atoms with Gasteiger partial charge in [-0.15, -0.1) is 0 Å². The highest BCUT2D eigenvalue weighted by molar-refractivity contribution is 5.43. The average molecular weight is 255 g/mol. The third-order valence-electron chi connectivity index (χ3n) is 2.57. The maximum atomic E-state index is 9.98. The van der Waals surface area contributed by atoms with Crippen LogP contribution in [0.5, 0.6) is 11.5 Å². The lowest BCUT2D eigenvalue weighted by molar-refractivity contribution is 0.154. The molecule has 0 radical (unpaired) electrons. The number of hydrogen-bond donors (Lipinski definition) is 3. The standard InChI is InChI=1S/C13H21NO4/c1-9(15)7-14-8-11(16)10-4-5-12(17-2)13(6-10)18-3/h4-6,9,11,14-16H,7-8H2,1-3H3. The maximum Gasteiger partial charge on any atom is 0.161 e. The fourth-order valence-electron chi connectivity index (χ4n) is 1.61. The van der Waals surface area contributed by atoms with E-state index >= 15 is 0 Å². The summed E-state index contributed by atoms with van der Waals surface area (Å²) in [5, 5.41) is 22.1. The molecule has 0 amide bonds. The zero-order valence-corrected chi connectivity index (χ0v) is 11.0. The summed E-state index contributed by atoms with van der Waals surface area (Å²) in [6.45, 7) is 2.51. The molecule has 3 N–H and O–H groups in total. The molecule has 0 bridgehead atoms. The molecule has 2 atom stereocenters. The summed E-state index contributed by atoms with van der Waals surface area (Å²) in [7, 11) is 3.12. The summed E-state index contributed by atoms with van der Waals surface area (Å²) in [6.07, 6.45) is -1.08. The van der Waals surface area contributed by atoms with Gasteiger partial charge >= 0.3 is 0 Å². The van der Waals surface area contributed by atoms with Gasteiger partial charge in [0, 0.05) is 13.1 Å². The van der Waals surface area contributed by atoms with Gasteiger partial charge in [0.05, 0.1) is 26.4 Å². The van der Waals surface area contributed by atoms with Crippen LogP contribution in [0.1, 0.15) is 18.6 Å². The van der Waals surface area contributed by atoms with Gasteiger partial charge in [-0.1, -0.05) is 6.07 Å². The Bertz CT molecular complexity index is 368. The Balaban J connectivity index is 2.65. The van der Waals surface area contributed by atoms with Crippen molar-refractivity contribution in [2.75, 3.05) is 27.3 Å². The van der Waals surface area contributed by atoms with Crippen molar-refractivity contribution in [2.45, 2.75) is 19.1 Å². The fourth-order valence-corrected chi connectivity index (χ4v) is 1.61. The number of benzene rings is 1. The molecule has 0 aromatic heterocycles. The number of nitrogens with one attached hydrogen (secondary N) is 1. The zero-order valence-electron chi connectivity index (χ0n) is 11.0. The Labute approximate surface area is 107 Å². The molecule has 0 spiro atoms. The number of rotatable bonds is 7. The maximum absolute atomic E-state index is 9.98. The molecule has 1 aromatic rings. The van der Waals surface area contributed by atoms with E-state index in [0.29, 0.717) is 24.6 Å². The van der Waals surface area contributed by atoms with Crippen molar-refractivity contribution >= 4 is 0 Å². The van der Waals surface area contributed by atoms with Crippen molar-refractivity contribution < 1.29 is 19.7 Å². The van der Waals surface area contributed by atoms with E-state index in [-0.39, 0.29) is 0 Å². The molecule has 0 aliphatic heterocycles. The lowest BCUT2D eigenvalue weighted by Gasteiger charge is -2.15. The second kappa shape index (κ2) is 7.20. The fraction of sp³-hybridized carbons (Fsp3) is 0.538. The van der Waals surface area contributed by atoms with Gasteiger partial charge in [0.2, 0.25) is 0 Å². The molecule has 0 fully saturated rings. The predicted molar refractivity (Wildman–Crippen MR) is 69.1 cm³/mol. The first-order valence-electron chi connectivity index (χ1n) is 5.87. The Kier molecular flexibility index (Phi) is 5.91. The van der Waals surface area contributed by atoms with Crippen LogP contribution in [0.4, 0.5) is 0 Å². The Hall–Kier alpha value is -1.30. The van der Waals surface area contributed by atoms with E-state index in [9.17, 15) is 5.11 Å². The summed E-state index contributed by atoms with van der Waals surface area (Å²) in [4.78, 5) is 0. The van der Waals surface area contributed by atoms with Crippen molar-refractivity contribution in [3.63, 3.8) is 0 Å². The summed E-state index contributed by atoms with van der Waals surface area (Å²) in [5.74, 6) is 1.22. The molecular formula is C13H21NO4.